The number of carbonyl (C=O) groups excluding carboxylic acids is 1. The fourth-order valence-electron chi connectivity index (χ4n) is 1.80. The number of nitrogens with zero attached hydrogens (tertiary/aromatic N) is 2. The summed E-state index contributed by atoms with van der Waals surface area (Å²) in [6.07, 6.45) is 0.739. The van der Waals surface area contributed by atoms with Crippen molar-refractivity contribution in [3.63, 3.8) is 0 Å². The average molecular weight is 246 g/mol. The molecular formula is C13H14N2OS. The second kappa shape index (κ2) is 4.75. The number of benzene rings is 1. The lowest BCUT2D eigenvalue weighted by molar-refractivity contribution is 0.104. The fourth-order valence-corrected chi connectivity index (χ4v) is 2.51. The van der Waals surface area contributed by atoms with Crippen LogP contribution in [-0.4, -0.2) is 15.4 Å². The third kappa shape index (κ3) is 2.26. The molecule has 1 aromatic heterocycles. The Kier molecular flexibility index (Phi) is 3.33. The minimum absolute atomic E-state index is 0.0364. The third-order valence-corrected chi connectivity index (χ3v) is 3.49. The van der Waals surface area contributed by atoms with Crippen LogP contribution in [0.4, 0.5) is 0 Å². The van der Waals surface area contributed by atoms with Gasteiger partial charge in [-0.25, -0.2) is 0 Å². The first kappa shape index (κ1) is 11.9. The van der Waals surface area contributed by atoms with E-state index >= 15 is 0 Å². The van der Waals surface area contributed by atoms with E-state index in [9.17, 15) is 4.79 Å². The Morgan fingerprint density at radius 2 is 2.12 bits per heavy atom. The predicted molar refractivity (Wildman–Crippen MR) is 68.6 cm³/mol. The van der Waals surface area contributed by atoms with Crippen molar-refractivity contribution in [1.29, 1.82) is 0 Å². The van der Waals surface area contributed by atoms with Crippen LogP contribution in [0.25, 0.3) is 0 Å². The summed E-state index contributed by atoms with van der Waals surface area (Å²) >= 11 is 1.18. The van der Waals surface area contributed by atoms with Crippen LogP contribution < -0.4 is 0 Å². The number of rotatable bonds is 3. The molecule has 0 N–H and O–H groups in total. The quantitative estimate of drug-likeness (QED) is 0.782. The Hall–Kier alpha value is -1.55. The van der Waals surface area contributed by atoms with Gasteiger partial charge in [0, 0.05) is 5.56 Å². The highest BCUT2D eigenvalue weighted by atomic mass is 32.1. The Bertz CT molecular complexity index is 560. The summed E-state index contributed by atoms with van der Waals surface area (Å²) < 4.78 is 3.86. The van der Waals surface area contributed by atoms with E-state index in [1.54, 1.807) is 0 Å². The van der Waals surface area contributed by atoms with Gasteiger partial charge in [-0.05, 0) is 37.4 Å². The molecule has 17 heavy (non-hydrogen) atoms. The van der Waals surface area contributed by atoms with E-state index in [2.05, 4.69) is 9.59 Å². The topological polar surface area (TPSA) is 42.9 Å². The molecule has 88 valence electrons. The summed E-state index contributed by atoms with van der Waals surface area (Å²) in [6.45, 7) is 5.96. The maximum Gasteiger partial charge on any atom is 0.206 e. The normalized spacial score (nSPS) is 10.5. The van der Waals surface area contributed by atoms with Gasteiger partial charge >= 0.3 is 0 Å². The Labute approximate surface area is 105 Å². The number of carbonyl (C=O) groups is 1. The zero-order valence-electron chi connectivity index (χ0n) is 10.2. The van der Waals surface area contributed by atoms with Gasteiger partial charge < -0.3 is 0 Å². The van der Waals surface area contributed by atoms with Gasteiger partial charge in [0.15, 0.2) is 0 Å². The van der Waals surface area contributed by atoms with E-state index in [-0.39, 0.29) is 5.78 Å². The molecular weight excluding hydrogens is 232 g/mol. The van der Waals surface area contributed by atoms with Gasteiger partial charge in [0.25, 0.3) is 0 Å². The lowest BCUT2D eigenvalue weighted by atomic mass is 10.0. The van der Waals surface area contributed by atoms with Crippen LogP contribution in [0.3, 0.4) is 0 Å². The zero-order valence-corrected chi connectivity index (χ0v) is 11.0. The molecule has 0 aliphatic carbocycles. The molecule has 0 fully saturated rings. The van der Waals surface area contributed by atoms with Gasteiger partial charge in [-0.3, -0.25) is 4.79 Å². The molecule has 0 aliphatic rings. The highest BCUT2D eigenvalue weighted by Gasteiger charge is 2.18. The Morgan fingerprint density at radius 1 is 1.35 bits per heavy atom. The monoisotopic (exact) mass is 246 g/mol. The molecule has 0 bridgehead atoms. The molecule has 0 unspecified atom stereocenters. The summed E-state index contributed by atoms with van der Waals surface area (Å²) in [4.78, 5) is 13.0. The average Bonchev–Trinajstić information content (AvgIpc) is 2.76. The molecule has 1 aromatic carbocycles. The number of hydrogen-bond donors (Lipinski definition) is 0. The lowest BCUT2D eigenvalue weighted by Crippen LogP contribution is -2.04. The molecule has 0 amide bonds. The van der Waals surface area contributed by atoms with Crippen molar-refractivity contribution in [2.24, 2.45) is 0 Å². The standard InChI is InChI=1S/C13H14N2OS/c1-4-11-13(17-15-14-11)12(16)10-6-5-8(2)7-9(10)3/h5-7H,4H2,1-3H3. The maximum absolute atomic E-state index is 12.3. The molecule has 0 spiro atoms. The van der Waals surface area contributed by atoms with E-state index in [0.717, 1.165) is 28.8 Å². The molecule has 0 saturated heterocycles. The fraction of sp³-hybridized carbons (Fsp3) is 0.308. The van der Waals surface area contributed by atoms with Crippen molar-refractivity contribution in [3.05, 3.63) is 45.5 Å². The molecule has 0 saturated carbocycles. The smallest absolute Gasteiger partial charge is 0.206 e. The van der Waals surface area contributed by atoms with Gasteiger partial charge in [0.1, 0.15) is 4.88 Å². The predicted octanol–water partition coefficient (Wildman–Crippen LogP) is 2.95. The van der Waals surface area contributed by atoms with Crippen molar-refractivity contribution in [2.45, 2.75) is 27.2 Å². The minimum atomic E-state index is 0.0364. The summed E-state index contributed by atoms with van der Waals surface area (Å²) in [5, 5.41) is 3.98. The second-order valence-electron chi connectivity index (χ2n) is 4.05. The molecule has 1 heterocycles. The molecule has 0 radical (unpaired) electrons. The van der Waals surface area contributed by atoms with Crippen LogP contribution in [0.5, 0.6) is 0 Å². The largest absolute Gasteiger partial charge is 0.288 e. The number of hydrogen-bond acceptors (Lipinski definition) is 4. The van der Waals surface area contributed by atoms with Gasteiger partial charge in [0.05, 0.1) is 5.69 Å². The van der Waals surface area contributed by atoms with E-state index < -0.39 is 0 Å². The van der Waals surface area contributed by atoms with Gasteiger partial charge in [-0.15, -0.1) is 5.10 Å². The molecule has 0 atom stereocenters. The zero-order chi connectivity index (χ0) is 12.4. The van der Waals surface area contributed by atoms with Gasteiger partial charge in [-0.1, -0.05) is 35.2 Å². The first-order valence-electron chi connectivity index (χ1n) is 5.56. The molecule has 2 aromatic rings. The maximum atomic E-state index is 12.3. The van der Waals surface area contributed by atoms with Crippen molar-refractivity contribution in [2.75, 3.05) is 0 Å². The third-order valence-electron chi connectivity index (χ3n) is 2.72. The number of ketones is 1. The van der Waals surface area contributed by atoms with Crippen molar-refractivity contribution in [1.82, 2.24) is 9.59 Å². The highest BCUT2D eigenvalue weighted by molar-refractivity contribution is 7.08. The minimum Gasteiger partial charge on any atom is -0.288 e. The van der Waals surface area contributed by atoms with Crippen LogP contribution in [0.15, 0.2) is 18.2 Å². The van der Waals surface area contributed by atoms with Crippen LogP contribution in [-0.2, 0) is 6.42 Å². The summed E-state index contributed by atoms with van der Waals surface area (Å²) in [7, 11) is 0. The van der Waals surface area contributed by atoms with Crippen LogP contribution >= 0.6 is 11.5 Å². The number of aryl methyl sites for hydroxylation is 3. The van der Waals surface area contributed by atoms with E-state index in [4.69, 9.17) is 0 Å². The first-order valence-corrected chi connectivity index (χ1v) is 6.34. The van der Waals surface area contributed by atoms with Crippen LogP contribution in [0.2, 0.25) is 0 Å². The van der Waals surface area contributed by atoms with Crippen molar-refractivity contribution in [3.8, 4) is 0 Å². The molecule has 2 rings (SSSR count). The highest BCUT2D eigenvalue weighted by Crippen LogP contribution is 2.20. The molecule has 4 heteroatoms. The SMILES string of the molecule is CCc1nnsc1C(=O)c1ccc(C)cc1C. The van der Waals surface area contributed by atoms with Crippen LogP contribution in [0.1, 0.15) is 39.0 Å². The van der Waals surface area contributed by atoms with Crippen molar-refractivity contribution >= 4 is 17.3 Å². The lowest BCUT2D eigenvalue weighted by Gasteiger charge is -2.04. The Balaban J connectivity index is 2.44. The van der Waals surface area contributed by atoms with Gasteiger partial charge in [0.2, 0.25) is 5.78 Å². The van der Waals surface area contributed by atoms with Crippen LogP contribution in [0, 0.1) is 13.8 Å². The van der Waals surface area contributed by atoms with Crippen molar-refractivity contribution < 1.29 is 4.79 Å². The first-order chi connectivity index (χ1) is 8.13. The van der Waals surface area contributed by atoms with E-state index in [1.165, 1.54) is 11.5 Å². The second-order valence-corrected chi connectivity index (χ2v) is 4.80. The van der Waals surface area contributed by atoms with Gasteiger partial charge in [-0.2, -0.15) is 0 Å². The Morgan fingerprint density at radius 3 is 2.76 bits per heavy atom. The number of aromatic nitrogens is 2. The van der Waals surface area contributed by atoms with E-state index in [0.29, 0.717) is 4.88 Å². The summed E-state index contributed by atoms with van der Waals surface area (Å²) in [5.74, 6) is 0.0364. The molecule has 0 aliphatic heterocycles. The molecule has 3 nitrogen and oxygen atoms in total. The van der Waals surface area contributed by atoms with E-state index in [1.807, 2.05) is 39.0 Å². The summed E-state index contributed by atoms with van der Waals surface area (Å²) in [5.41, 5.74) is 3.71. The summed E-state index contributed by atoms with van der Waals surface area (Å²) in [6, 6.07) is 5.86.